The predicted molar refractivity (Wildman–Crippen MR) is 66.9 cm³/mol. The van der Waals surface area contributed by atoms with Gasteiger partial charge in [0.25, 0.3) is 0 Å². The van der Waals surface area contributed by atoms with Crippen molar-refractivity contribution >= 4 is 0 Å². The molecule has 17 heavy (non-hydrogen) atoms. The van der Waals surface area contributed by atoms with Crippen LogP contribution in [0.15, 0.2) is 12.4 Å². The fourth-order valence-corrected chi connectivity index (χ4v) is 1.57. The van der Waals surface area contributed by atoms with Crippen molar-refractivity contribution < 1.29 is 4.74 Å². The summed E-state index contributed by atoms with van der Waals surface area (Å²) >= 11 is 0. The van der Waals surface area contributed by atoms with Crippen molar-refractivity contribution in [3.63, 3.8) is 0 Å². The fraction of sp³-hybridized carbons (Fsp3) is 0.692. The highest BCUT2D eigenvalue weighted by molar-refractivity contribution is 5.07. The summed E-state index contributed by atoms with van der Waals surface area (Å²) in [7, 11) is 0. The Balaban J connectivity index is 1.68. The Bertz CT molecular complexity index is 322. The van der Waals surface area contributed by atoms with Crippen LogP contribution in [0.25, 0.3) is 0 Å². The topological polar surface area (TPSA) is 47.0 Å². The van der Waals surface area contributed by atoms with Crippen molar-refractivity contribution in [1.82, 2.24) is 15.3 Å². The minimum atomic E-state index is 0.635. The van der Waals surface area contributed by atoms with E-state index in [2.05, 4.69) is 22.2 Å². The predicted octanol–water partition coefficient (Wildman–Crippen LogP) is 2.30. The summed E-state index contributed by atoms with van der Waals surface area (Å²) in [5, 5.41) is 3.41. The number of unbranched alkanes of at least 4 members (excludes halogenated alkanes) is 2. The lowest BCUT2D eigenvalue weighted by Gasteiger charge is -2.05. The van der Waals surface area contributed by atoms with Crippen molar-refractivity contribution in [2.75, 3.05) is 6.61 Å². The van der Waals surface area contributed by atoms with E-state index in [0.29, 0.717) is 11.9 Å². The van der Waals surface area contributed by atoms with Crippen LogP contribution in [0.2, 0.25) is 0 Å². The summed E-state index contributed by atoms with van der Waals surface area (Å²) in [6.45, 7) is 3.73. The third kappa shape index (κ3) is 4.69. The quantitative estimate of drug-likeness (QED) is 0.702. The zero-order valence-electron chi connectivity index (χ0n) is 10.5. The Morgan fingerprint density at radius 2 is 2.18 bits per heavy atom. The summed E-state index contributed by atoms with van der Waals surface area (Å²) < 4.78 is 5.51. The molecule has 0 bridgehead atoms. The number of hydrogen-bond donors (Lipinski definition) is 1. The van der Waals surface area contributed by atoms with Crippen LogP contribution in [0.5, 0.6) is 5.88 Å². The standard InChI is InChI=1S/C13H21N3O/c1-2-3-4-7-17-13-10-15-12(9-16-13)8-14-11-5-6-11/h9-11,14H,2-8H2,1H3. The van der Waals surface area contributed by atoms with Gasteiger partial charge in [0.05, 0.1) is 24.7 Å². The fourth-order valence-electron chi connectivity index (χ4n) is 1.57. The molecule has 4 nitrogen and oxygen atoms in total. The van der Waals surface area contributed by atoms with Crippen LogP contribution in [0.1, 0.15) is 44.7 Å². The van der Waals surface area contributed by atoms with Crippen LogP contribution in [0.4, 0.5) is 0 Å². The van der Waals surface area contributed by atoms with Gasteiger partial charge < -0.3 is 10.1 Å². The molecule has 0 aliphatic heterocycles. The maximum atomic E-state index is 5.51. The van der Waals surface area contributed by atoms with Crippen molar-refractivity contribution in [3.05, 3.63) is 18.1 Å². The number of nitrogens with zero attached hydrogens (tertiary/aromatic N) is 2. The lowest BCUT2D eigenvalue weighted by atomic mass is 10.3. The molecule has 4 heteroatoms. The Morgan fingerprint density at radius 1 is 1.29 bits per heavy atom. The molecule has 0 amide bonds. The summed E-state index contributed by atoms with van der Waals surface area (Å²) in [5.74, 6) is 0.635. The van der Waals surface area contributed by atoms with Crippen LogP contribution in [0.3, 0.4) is 0 Å². The molecule has 0 spiro atoms. The Labute approximate surface area is 103 Å². The maximum Gasteiger partial charge on any atom is 0.232 e. The molecule has 1 aliphatic carbocycles. The smallest absolute Gasteiger partial charge is 0.232 e. The maximum absolute atomic E-state index is 5.51. The number of aromatic nitrogens is 2. The van der Waals surface area contributed by atoms with Gasteiger partial charge in [-0.05, 0) is 19.3 Å². The Kier molecular flexibility index (Phi) is 4.74. The highest BCUT2D eigenvalue weighted by Crippen LogP contribution is 2.19. The second kappa shape index (κ2) is 6.55. The molecule has 1 aromatic heterocycles. The largest absolute Gasteiger partial charge is 0.477 e. The molecule has 1 N–H and O–H groups in total. The average Bonchev–Trinajstić information content (AvgIpc) is 3.18. The lowest BCUT2D eigenvalue weighted by Crippen LogP contribution is -2.16. The van der Waals surface area contributed by atoms with E-state index in [1.165, 1.54) is 25.7 Å². The van der Waals surface area contributed by atoms with Crippen molar-refractivity contribution in [2.24, 2.45) is 0 Å². The molecule has 0 atom stereocenters. The third-order valence-electron chi connectivity index (χ3n) is 2.83. The first-order chi connectivity index (χ1) is 8.38. The summed E-state index contributed by atoms with van der Waals surface area (Å²) in [6.07, 6.45) is 9.61. The molecule has 0 radical (unpaired) electrons. The first kappa shape index (κ1) is 12.3. The van der Waals surface area contributed by atoms with E-state index in [1.54, 1.807) is 12.4 Å². The first-order valence-corrected chi connectivity index (χ1v) is 6.55. The zero-order valence-corrected chi connectivity index (χ0v) is 10.5. The summed E-state index contributed by atoms with van der Waals surface area (Å²) in [5.41, 5.74) is 0.984. The summed E-state index contributed by atoms with van der Waals surface area (Å²) in [6, 6.07) is 0.710. The number of hydrogen-bond acceptors (Lipinski definition) is 4. The molecule has 0 saturated heterocycles. The number of nitrogens with one attached hydrogen (secondary N) is 1. The van der Waals surface area contributed by atoms with E-state index in [9.17, 15) is 0 Å². The molecule has 1 fully saturated rings. The molecule has 1 aliphatic rings. The van der Waals surface area contributed by atoms with E-state index in [0.717, 1.165) is 25.3 Å². The van der Waals surface area contributed by atoms with E-state index in [4.69, 9.17) is 4.74 Å². The average molecular weight is 235 g/mol. The highest BCUT2D eigenvalue weighted by atomic mass is 16.5. The molecule has 0 unspecified atom stereocenters. The minimum Gasteiger partial charge on any atom is -0.477 e. The SMILES string of the molecule is CCCCCOc1cnc(CNC2CC2)cn1. The van der Waals surface area contributed by atoms with Gasteiger partial charge in [-0.2, -0.15) is 0 Å². The van der Waals surface area contributed by atoms with Gasteiger partial charge in [-0.1, -0.05) is 19.8 Å². The molecule has 1 aromatic rings. The Hall–Kier alpha value is -1.16. The van der Waals surface area contributed by atoms with Gasteiger partial charge in [-0.3, -0.25) is 4.98 Å². The van der Waals surface area contributed by atoms with Crippen molar-refractivity contribution in [3.8, 4) is 5.88 Å². The van der Waals surface area contributed by atoms with Crippen molar-refractivity contribution in [1.29, 1.82) is 0 Å². The molecular formula is C13H21N3O. The van der Waals surface area contributed by atoms with Gasteiger partial charge in [0, 0.05) is 12.6 Å². The van der Waals surface area contributed by atoms with Gasteiger partial charge in [0.15, 0.2) is 0 Å². The minimum absolute atomic E-state index is 0.635. The molecular weight excluding hydrogens is 214 g/mol. The number of ether oxygens (including phenoxy) is 1. The summed E-state index contributed by atoms with van der Waals surface area (Å²) in [4.78, 5) is 8.58. The lowest BCUT2D eigenvalue weighted by molar-refractivity contribution is 0.293. The van der Waals surface area contributed by atoms with Crippen LogP contribution >= 0.6 is 0 Å². The molecule has 0 aromatic carbocycles. The van der Waals surface area contributed by atoms with Crippen LogP contribution in [-0.4, -0.2) is 22.6 Å². The van der Waals surface area contributed by atoms with Gasteiger partial charge >= 0.3 is 0 Å². The van der Waals surface area contributed by atoms with E-state index in [-0.39, 0.29) is 0 Å². The van der Waals surface area contributed by atoms with Crippen molar-refractivity contribution in [2.45, 2.75) is 51.6 Å². The van der Waals surface area contributed by atoms with Crippen LogP contribution < -0.4 is 10.1 Å². The zero-order chi connectivity index (χ0) is 11.9. The molecule has 1 saturated carbocycles. The van der Waals surface area contributed by atoms with Gasteiger partial charge in [-0.25, -0.2) is 4.98 Å². The van der Waals surface area contributed by atoms with E-state index < -0.39 is 0 Å². The van der Waals surface area contributed by atoms with Gasteiger partial charge in [-0.15, -0.1) is 0 Å². The molecule has 94 valence electrons. The van der Waals surface area contributed by atoms with Crippen LogP contribution in [-0.2, 0) is 6.54 Å². The monoisotopic (exact) mass is 235 g/mol. The van der Waals surface area contributed by atoms with E-state index >= 15 is 0 Å². The Morgan fingerprint density at radius 3 is 2.82 bits per heavy atom. The second-order valence-electron chi connectivity index (χ2n) is 4.56. The van der Waals surface area contributed by atoms with E-state index in [1.807, 2.05) is 0 Å². The third-order valence-corrected chi connectivity index (χ3v) is 2.83. The molecule has 1 heterocycles. The highest BCUT2D eigenvalue weighted by Gasteiger charge is 2.20. The normalized spacial score (nSPS) is 14.9. The van der Waals surface area contributed by atoms with Gasteiger partial charge in [0.2, 0.25) is 5.88 Å². The number of rotatable bonds is 8. The van der Waals surface area contributed by atoms with Crippen LogP contribution in [0, 0.1) is 0 Å². The van der Waals surface area contributed by atoms with Gasteiger partial charge in [0.1, 0.15) is 0 Å². The first-order valence-electron chi connectivity index (χ1n) is 6.55. The second-order valence-corrected chi connectivity index (χ2v) is 4.56. The molecule has 2 rings (SSSR count).